The molecule has 1 unspecified atom stereocenters. The van der Waals surface area contributed by atoms with Gasteiger partial charge in [0.2, 0.25) is 0 Å². The number of amides is 2. The molecule has 1 saturated heterocycles. The molecule has 5 nitrogen and oxygen atoms in total. The Hall–Kier alpha value is -2.04. The summed E-state index contributed by atoms with van der Waals surface area (Å²) in [6, 6.07) is 4.85. The number of anilines is 1. The van der Waals surface area contributed by atoms with Crippen molar-refractivity contribution in [1.82, 2.24) is 4.90 Å². The summed E-state index contributed by atoms with van der Waals surface area (Å²) >= 11 is 0. The Kier molecular flexibility index (Phi) is 3.74. The highest BCUT2D eigenvalue weighted by molar-refractivity contribution is 6.01. The fourth-order valence-corrected chi connectivity index (χ4v) is 2.37. The van der Waals surface area contributed by atoms with E-state index in [2.05, 4.69) is 12.2 Å². The van der Waals surface area contributed by atoms with Gasteiger partial charge in [-0.3, -0.25) is 0 Å². The van der Waals surface area contributed by atoms with E-state index in [0.717, 1.165) is 19.5 Å². The first kappa shape index (κ1) is 13.4. The van der Waals surface area contributed by atoms with Gasteiger partial charge in [-0.05, 0) is 30.9 Å². The topological polar surface area (TPSA) is 69.6 Å². The van der Waals surface area contributed by atoms with Crippen LogP contribution in [0.4, 0.5) is 10.5 Å². The molecule has 102 valence electrons. The summed E-state index contributed by atoms with van der Waals surface area (Å²) in [7, 11) is 0. The van der Waals surface area contributed by atoms with Crippen LogP contribution in [0.15, 0.2) is 18.2 Å². The molecule has 0 aromatic heterocycles. The molecule has 1 fully saturated rings. The maximum atomic E-state index is 12.1. The average molecular weight is 262 g/mol. The fourth-order valence-electron chi connectivity index (χ4n) is 2.37. The number of aryl methyl sites for hydroxylation is 1. The van der Waals surface area contributed by atoms with Crippen LogP contribution in [-0.4, -0.2) is 35.1 Å². The number of carboxylic acid groups (broad SMARTS) is 1. The molecule has 1 aliphatic rings. The Morgan fingerprint density at radius 1 is 1.42 bits per heavy atom. The van der Waals surface area contributed by atoms with Crippen molar-refractivity contribution in [2.75, 3.05) is 18.4 Å². The molecule has 1 aliphatic heterocycles. The highest BCUT2D eigenvalue weighted by Crippen LogP contribution is 2.21. The number of carbonyl (C=O) groups excluding carboxylic acids is 1. The number of nitrogens with zero attached hydrogens (tertiary/aromatic N) is 1. The van der Waals surface area contributed by atoms with Gasteiger partial charge in [-0.15, -0.1) is 0 Å². The highest BCUT2D eigenvalue weighted by atomic mass is 16.4. The third kappa shape index (κ3) is 2.86. The van der Waals surface area contributed by atoms with E-state index < -0.39 is 5.97 Å². The number of hydrogen-bond acceptors (Lipinski definition) is 2. The van der Waals surface area contributed by atoms with Crippen LogP contribution in [0, 0.1) is 12.8 Å². The zero-order valence-electron chi connectivity index (χ0n) is 11.1. The molecular formula is C14H18N2O3. The largest absolute Gasteiger partial charge is 0.478 e. The Bertz CT molecular complexity index is 513. The number of hydrogen-bond donors (Lipinski definition) is 2. The summed E-state index contributed by atoms with van der Waals surface area (Å²) < 4.78 is 0. The van der Waals surface area contributed by atoms with E-state index in [1.165, 1.54) is 0 Å². The number of rotatable bonds is 2. The van der Waals surface area contributed by atoms with E-state index in [1.54, 1.807) is 30.0 Å². The highest BCUT2D eigenvalue weighted by Gasteiger charge is 2.24. The van der Waals surface area contributed by atoms with E-state index in [9.17, 15) is 14.7 Å². The number of aromatic carboxylic acids is 1. The quantitative estimate of drug-likeness (QED) is 0.860. The van der Waals surface area contributed by atoms with E-state index in [4.69, 9.17) is 0 Å². The Balaban J connectivity index is 2.17. The predicted octanol–water partition coefficient (Wildman–Crippen LogP) is 2.57. The molecule has 0 saturated carbocycles. The standard InChI is InChI=1S/C14H18N2O3/c1-9-6-7-16(8-9)14(19)15-11-5-3-4-10(2)12(11)13(17)18/h3-5,9H,6-8H2,1-2H3,(H,15,19)(H,17,18). The molecular weight excluding hydrogens is 244 g/mol. The summed E-state index contributed by atoms with van der Waals surface area (Å²) in [4.78, 5) is 25.0. The summed E-state index contributed by atoms with van der Waals surface area (Å²) in [5.74, 6) is -0.523. The van der Waals surface area contributed by atoms with Crippen LogP contribution in [0.1, 0.15) is 29.3 Å². The van der Waals surface area contributed by atoms with Crippen LogP contribution in [0.2, 0.25) is 0 Å². The van der Waals surface area contributed by atoms with Crippen molar-refractivity contribution in [1.29, 1.82) is 0 Å². The lowest BCUT2D eigenvalue weighted by molar-refractivity contribution is 0.0697. The SMILES string of the molecule is Cc1cccc(NC(=O)N2CCC(C)C2)c1C(=O)O. The molecule has 1 heterocycles. The smallest absolute Gasteiger partial charge is 0.338 e. The average Bonchev–Trinajstić information content (AvgIpc) is 2.75. The number of nitrogens with one attached hydrogen (secondary N) is 1. The second kappa shape index (κ2) is 5.30. The van der Waals surface area contributed by atoms with Gasteiger partial charge in [0.15, 0.2) is 0 Å². The lowest BCUT2D eigenvalue weighted by atomic mass is 10.1. The van der Waals surface area contributed by atoms with Gasteiger partial charge < -0.3 is 15.3 Å². The summed E-state index contributed by atoms with van der Waals surface area (Å²) in [5, 5.41) is 11.9. The molecule has 2 amide bonds. The minimum atomic E-state index is -1.02. The zero-order chi connectivity index (χ0) is 14.0. The Labute approximate surface area is 112 Å². The maximum Gasteiger partial charge on any atom is 0.338 e. The van der Waals surface area contributed by atoms with Crippen molar-refractivity contribution in [2.24, 2.45) is 5.92 Å². The molecule has 0 bridgehead atoms. The van der Waals surface area contributed by atoms with Crippen molar-refractivity contribution < 1.29 is 14.7 Å². The van der Waals surface area contributed by atoms with Crippen molar-refractivity contribution in [2.45, 2.75) is 20.3 Å². The molecule has 1 aromatic rings. The van der Waals surface area contributed by atoms with Crippen molar-refractivity contribution in [3.8, 4) is 0 Å². The van der Waals surface area contributed by atoms with Crippen molar-refractivity contribution >= 4 is 17.7 Å². The molecule has 0 radical (unpaired) electrons. The van der Waals surface area contributed by atoms with Gasteiger partial charge in [0, 0.05) is 13.1 Å². The van der Waals surface area contributed by atoms with E-state index in [1.807, 2.05) is 0 Å². The Morgan fingerprint density at radius 3 is 2.74 bits per heavy atom. The monoisotopic (exact) mass is 262 g/mol. The molecule has 1 aromatic carbocycles. The molecule has 2 N–H and O–H groups in total. The molecule has 19 heavy (non-hydrogen) atoms. The van der Waals surface area contributed by atoms with E-state index in [0.29, 0.717) is 17.2 Å². The lowest BCUT2D eigenvalue weighted by Gasteiger charge is -2.18. The van der Waals surface area contributed by atoms with Gasteiger partial charge in [-0.25, -0.2) is 9.59 Å². The summed E-state index contributed by atoms with van der Waals surface area (Å²) in [6.07, 6.45) is 0.993. The maximum absolute atomic E-state index is 12.1. The number of likely N-dealkylation sites (tertiary alicyclic amines) is 1. The third-order valence-corrected chi connectivity index (χ3v) is 3.44. The van der Waals surface area contributed by atoms with Crippen molar-refractivity contribution in [3.63, 3.8) is 0 Å². The van der Waals surface area contributed by atoms with Crippen molar-refractivity contribution in [3.05, 3.63) is 29.3 Å². The van der Waals surface area contributed by atoms with Gasteiger partial charge in [0.05, 0.1) is 11.3 Å². The predicted molar refractivity (Wildman–Crippen MR) is 72.5 cm³/mol. The van der Waals surface area contributed by atoms with Crippen LogP contribution < -0.4 is 5.32 Å². The number of urea groups is 1. The van der Waals surface area contributed by atoms with Gasteiger partial charge in [-0.2, -0.15) is 0 Å². The zero-order valence-corrected chi connectivity index (χ0v) is 11.1. The summed E-state index contributed by atoms with van der Waals surface area (Å²) in [5.41, 5.74) is 1.15. The van der Waals surface area contributed by atoms with Crippen LogP contribution in [-0.2, 0) is 0 Å². The van der Waals surface area contributed by atoms with Crippen LogP contribution in [0.3, 0.4) is 0 Å². The van der Waals surface area contributed by atoms with Gasteiger partial charge in [-0.1, -0.05) is 19.1 Å². The van der Waals surface area contributed by atoms with Gasteiger partial charge in [0.1, 0.15) is 0 Å². The van der Waals surface area contributed by atoms with Crippen LogP contribution in [0.5, 0.6) is 0 Å². The third-order valence-electron chi connectivity index (χ3n) is 3.44. The second-order valence-electron chi connectivity index (χ2n) is 5.07. The van der Waals surface area contributed by atoms with Crippen LogP contribution >= 0.6 is 0 Å². The van der Waals surface area contributed by atoms with Gasteiger partial charge in [0.25, 0.3) is 0 Å². The van der Waals surface area contributed by atoms with Crippen LogP contribution in [0.25, 0.3) is 0 Å². The Morgan fingerprint density at radius 2 is 2.16 bits per heavy atom. The molecule has 5 heteroatoms. The second-order valence-corrected chi connectivity index (χ2v) is 5.07. The molecule has 0 spiro atoms. The minimum absolute atomic E-state index is 0.156. The number of carbonyl (C=O) groups is 2. The normalized spacial score (nSPS) is 18.4. The first-order chi connectivity index (χ1) is 8.99. The lowest BCUT2D eigenvalue weighted by Crippen LogP contribution is -2.33. The molecule has 2 rings (SSSR count). The number of carboxylic acids is 1. The van der Waals surface area contributed by atoms with E-state index in [-0.39, 0.29) is 11.6 Å². The van der Waals surface area contributed by atoms with Gasteiger partial charge >= 0.3 is 12.0 Å². The number of benzene rings is 1. The first-order valence-corrected chi connectivity index (χ1v) is 6.38. The fraction of sp³-hybridized carbons (Fsp3) is 0.429. The summed E-state index contributed by atoms with van der Waals surface area (Å²) in [6.45, 7) is 5.26. The molecule has 0 aliphatic carbocycles. The minimum Gasteiger partial charge on any atom is -0.478 e. The van der Waals surface area contributed by atoms with E-state index >= 15 is 0 Å². The first-order valence-electron chi connectivity index (χ1n) is 6.38. The molecule has 1 atom stereocenters.